The summed E-state index contributed by atoms with van der Waals surface area (Å²) in [6.45, 7) is 2.59. The molecule has 1 aromatic carbocycles. The molecule has 27 heavy (non-hydrogen) atoms. The molecule has 2 amide bonds. The second-order valence-electron chi connectivity index (χ2n) is 6.52. The van der Waals surface area contributed by atoms with E-state index in [1.165, 1.54) is 19.1 Å². The number of nitrogens with one attached hydrogen (secondary N) is 1. The molecule has 8 nitrogen and oxygen atoms in total. The number of benzene rings is 1. The summed E-state index contributed by atoms with van der Waals surface area (Å²) in [6.07, 6.45) is 1.52. The Morgan fingerprint density at radius 1 is 1.30 bits per heavy atom. The molecule has 2 heterocycles. The third-order valence-electron chi connectivity index (χ3n) is 4.91. The Hall–Kier alpha value is -2.77. The van der Waals surface area contributed by atoms with Crippen molar-refractivity contribution in [1.29, 1.82) is 0 Å². The van der Waals surface area contributed by atoms with Gasteiger partial charge in [-0.25, -0.2) is 4.79 Å². The van der Waals surface area contributed by atoms with E-state index in [2.05, 4.69) is 5.32 Å². The van der Waals surface area contributed by atoms with Gasteiger partial charge in [-0.05, 0) is 25.0 Å². The van der Waals surface area contributed by atoms with Gasteiger partial charge < -0.3 is 19.5 Å². The fourth-order valence-corrected chi connectivity index (χ4v) is 3.55. The average Bonchev–Trinajstić information content (AvgIpc) is 3.21. The number of amides is 2. The molecule has 1 N–H and O–H groups in total. The highest BCUT2D eigenvalue weighted by Crippen LogP contribution is 2.45. The SMILES string of the molecule is CCCCNC(=O)[C@@H]1CCC(=O)N1C1OC(=O)c2c1ccc(OC)c2OC. The van der Waals surface area contributed by atoms with Crippen LogP contribution in [0.1, 0.15) is 54.8 Å². The molecule has 0 saturated carbocycles. The van der Waals surface area contributed by atoms with E-state index >= 15 is 0 Å². The van der Waals surface area contributed by atoms with Gasteiger partial charge in [-0.2, -0.15) is 0 Å². The van der Waals surface area contributed by atoms with Crippen molar-refractivity contribution in [2.75, 3.05) is 20.8 Å². The molecule has 0 spiro atoms. The van der Waals surface area contributed by atoms with Gasteiger partial charge in [0.1, 0.15) is 11.6 Å². The summed E-state index contributed by atoms with van der Waals surface area (Å²) < 4.78 is 16.0. The van der Waals surface area contributed by atoms with Gasteiger partial charge in [0.15, 0.2) is 11.5 Å². The Morgan fingerprint density at radius 2 is 2.07 bits per heavy atom. The largest absolute Gasteiger partial charge is 0.493 e. The Labute approximate surface area is 157 Å². The van der Waals surface area contributed by atoms with Crippen LogP contribution >= 0.6 is 0 Å². The lowest BCUT2D eigenvalue weighted by Gasteiger charge is -2.29. The van der Waals surface area contributed by atoms with Gasteiger partial charge in [-0.1, -0.05) is 13.3 Å². The summed E-state index contributed by atoms with van der Waals surface area (Å²) in [7, 11) is 2.91. The number of rotatable bonds is 7. The molecule has 0 bridgehead atoms. The van der Waals surface area contributed by atoms with Crippen molar-refractivity contribution in [2.24, 2.45) is 0 Å². The molecular formula is C19H24N2O6. The lowest BCUT2D eigenvalue weighted by atomic mass is 10.1. The van der Waals surface area contributed by atoms with Crippen molar-refractivity contribution in [3.63, 3.8) is 0 Å². The minimum Gasteiger partial charge on any atom is -0.493 e. The van der Waals surface area contributed by atoms with Gasteiger partial charge in [-0.3, -0.25) is 14.5 Å². The first-order valence-electron chi connectivity index (χ1n) is 9.08. The topological polar surface area (TPSA) is 94.2 Å². The molecule has 1 unspecified atom stereocenters. The van der Waals surface area contributed by atoms with Crippen LogP contribution in [-0.2, 0) is 14.3 Å². The predicted octanol–water partition coefficient (Wildman–Crippen LogP) is 1.78. The van der Waals surface area contributed by atoms with Crippen LogP contribution in [0.5, 0.6) is 11.5 Å². The minimum atomic E-state index is -0.941. The first-order chi connectivity index (χ1) is 13.0. The zero-order valence-corrected chi connectivity index (χ0v) is 15.7. The van der Waals surface area contributed by atoms with Crippen molar-refractivity contribution < 1.29 is 28.6 Å². The number of nitrogens with zero attached hydrogens (tertiary/aromatic N) is 1. The van der Waals surface area contributed by atoms with E-state index in [1.54, 1.807) is 12.1 Å². The van der Waals surface area contributed by atoms with E-state index in [-0.39, 0.29) is 29.5 Å². The zero-order valence-electron chi connectivity index (χ0n) is 15.7. The van der Waals surface area contributed by atoms with Gasteiger partial charge in [-0.15, -0.1) is 0 Å². The third kappa shape index (κ3) is 3.31. The Bertz CT molecular complexity index is 763. The maximum Gasteiger partial charge on any atom is 0.344 e. The number of hydrogen-bond donors (Lipinski definition) is 1. The number of methoxy groups -OCH3 is 2. The summed E-state index contributed by atoms with van der Waals surface area (Å²) in [6, 6.07) is 2.67. The molecule has 2 aliphatic heterocycles. The van der Waals surface area contributed by atoms with Gasteiger partial charge in [0.2, 0.25) is 18.0 Å². The van der Waals surface area contributed by atoms with Gasteiger partial charge in [0, 0.05) is 18.5 Å². The average molecular weight is 376 g/mol. The highest BCUT2D eigenvalue weighted by Gasteiger charge is 2.47. The van der Waals surface area contributed by atoms with Crippen LogP contribution in [-0.4, -0.2) is 49.5 Å². The molecule has 0 radical (unpaired) electrons. The number of carbonyl (C=O) groups is 3. The zero-order chi connectivity index (χ0) is 19.6. The van der Waals surface area contributed by atoms with Crippen molar-refractivity contribution in [1.82, 2.24) is 10.2 Å². The molecule has 2 aliphatic rings. The first-order valence-corrected chi connectivity index (χ1v) is 9.08. The summed E-state index contributed by atoms with van der Waals surface area (Å²) in [5.74, 6) is -0.380. The standard InChI is InChI=1S/C19H24N2O6/c1-4-5-10-20-17(23)12-7-9-14(22)21(12)18-11-6-8-13(25-2)16(26-3)15(11)19(24)27-18/h6,8,12,18H,4-5,7,9-10H2,1-3H3,(H,20,23)/t12-,18?/m0/s1. The number of esters is 1. The second kappa shape index (κ2) is 7.85. The molecule has 3 rings (SSSR count). The molecular weight excluding hydrogens is 352 g/mol. The van der Waals surface area contributed by atoms with E-state index in [0.29, 0.717) is 24.3 Å². The van der Waals surface area contributed by atoms with Crippen molar-refractivity contribution in [2.45, 2.75) is 44.9 Å². The minimum absolute atomic E-state index is 0.217. The summed E-state index contributed by atoms with van der Waals surface area (Å²) in [5, 5.41) is 2.86. The van der Waals surface area contributed by atoms with Crippen LogP contribution in [0, 0.1) is 0 Å². The molecule has 146 valence electrons. The van der Waals surface area contributed by atoms with E-state index in [9.17, 15) is 14.4 Å². The van der Waals surface area contributed by atoms with Crippen LogP contribution < -0.4 is 14.8 Å². The summed E-state index contributed by atoms with van der Waals surface area (Å²) in [5.41, 5.74) is 0.728. The van der Waals surface area contributed by atoms with E-state index in [4.69, 9.17) is 14.2 Å². The van der Waals surface area contributed by atoms with E-state index < -0.39 is 18.2 Å². The van der Waals surface area contributed by atoms with Crippen molar-refractivity contribution in [3.05, 3.63) is 23.3 Å². The number of hydrogen-bond acceptors (Lipinski definition) is 6. The lowest BCUT2D eigenvalue weighted by Crippen LogP contribution is -2.46. The number of ether oxygens (including phenoxy) is 3. The van der Waals surface area contributed by atoms with Crippen LogP contribution in [0.25, 0.3) is 0 Å². The molecule has 8 heteroatoms. The second-order valence-corrected chi connectivity index (χ2v) is 6.52. The number of unbranched alkanes of at least 4 members (excludes halogenated alkanes) is 1. The van der Waals surface area contributed by atoms with Gasteiger partial charge in [0.25, 0.3) is 0 Å². The molecule has 1 aromatic rings. The maximum absolute atomic E-state index is 12.6. The molecule has 1 fully saturated rings. The number of cyclic esters (lactones) is 1. The first kappa shape index (κ1) is 19.0. The van der Waals surface area contributed by atoms with Gasteiger partial charge >= 0.3 is 5.97 Å². The fourth-order valence-electron chi connectivity index (χ4n) is 3.55. The van der Waals surface area contributed by atoms with E-state index in [0.717, 1.165) is 12.8 Å². The predicted molar refractivity (Wildman–Crippen MR) is 95.5 cm³/mol. The molecule has 0 aromatic heterocycles. The normalized spacial score (nSPS) is 21.1. The smallest absolute Gasteiger partial charge is 0.344 e. The van der Waals surface area contributed by atoms with Crippen LogP contribution in [0.15, 0.2) is 12.1 Å². The fraction of sp³-hybridized carbons (Fsp3) is 0.526. The quantitative estimate of drug-likeness (QED) is 0.576. The summed E-state index contributed by atoms with van der Waals surface area (Å²) in [4.78, 5) is 38.9. The maximum atomic E-state index is 12.6. The van der Waals surface area contributed by atoms with Crippen molar-refractivity contribution in [3.8, 4) is 11.5 Å². The van der Waals surface area contributed by atoms with Crippen LogP contribution in [0.3, 0.4) is 0 Å². The van der Waals surface area contributed by atoms with Crippen LogP contribution in [0.2, 0.25) is 0 Å². The molecule has 0 aliphatic carbocycles. The third-order valence-corrected chi connectivity index (χ3v) is 4.91. The number of fused-ring (bicyclic) bond motifs is 1. The monoisotopic (exact) mass is 376 g/mol. The Morgan fingerprint density at radius 3 is 2.74 bits per heavy atom. The lowest BCUT2D eigenvalue weighted by molar-refractivity contribution is -0.145. The number of likely N-dealkylation sites (tertiary alicyclic amines) is 1. The summed E-state index contributed by atoms with van der Waals surface area (Å²) >= 11 is 0. The molecule has 1 saturated heterocycles. The van der Waals surface area contributed by atoms with Crippen LogP contribution in [0.4, 0.5) is 0 Å². The number of carbonyl (C=O) groups excluding carboxylic acids is 3. The highest BCUT2D eigenvalue weighted by atomic mass is 16.6. The molecule has 2 atom stereocenters. The highest BCUT2D eigenvalue weighted by molar-refractivity contribution is 5.99. The van der Waals surface area contributed by atoms with Gasteiger partial charge in [0.05, 0.1) is 14.2 Å². The van der Waals surface area contributed by atoms with Crippen molar-refractivity contribution >= 4 is 17.8 Å². The Balaban J connectivity index is 1.91. The van der Waals surface area contributed by atoms with E-state index in [1.807, 2.05) is 6.92 Å². The Kier molecular flexibility index (Phi) is 5.53.